The van der Waals surface area contributed by atoms with Gasteiger partial charge in [0.25, 0.3) is 0 Å². The molecule has 0 saturated carbocycles. The van der Waals surface area contributed by atoms with Gasteiger partial charge in [-0.3, -0.25) is 14.9 Å². The Labute approximate surface area is 179 Å². The van der Waals surface area contributed by atoms with Crippen LogP contribution < -0.4 is 20.9 Å². The average molecular weight is 427 g/mol. The van der Waals surface area contributed by atoms with Gasteiger partial charge in [-0.1, -0.05) is 29.8 Å². The van der Waals surface area contributed by atoms with Crippen molar-refractivity contribution < 1.29 is 14.4 Å². The van der Waals surface area contributed by atoms with E-state index in [-0.39, 0.29) is 29.8 Å². The maximum atomic E-state index is 12.2. The van der Waals surface area contributed by atoms with E-state index >= 15 is 0 Å². The molecule has 8 heteroatoms. The van der Waals surface area contributed by atoms with Gasteiger partial charge in [-0.05, 0) is 48.7 Å². The highest BCUT2D eigenvalue weighted by atomic mass is 35.5. The molecule has 2 aliphatic rings. The van der Waals surface area contributed by atoms with Gasteiger partial charge in [0, 0.05) is 35.9 Å². The number of rotatable bonds is 4. The Hall–Kier alpha value is -3.06. The van der Waals surface area contributed by atoms with Gasteiger partial charge in [-0.25, -0.2) is 4.79 Å². The Morgan fingerprint density at radius 1 is 1.13 bits per heavy atom. The Kier molecular flexibility index (Phi) is 5.63. The molecule has 2 aliphatic heterocycles. The Morgan fingerprint density at radius 3 is 2.53 bits per heavy atom. The fraction of sp³-hybridized carbons (Fsp3) is 0.318. The molecule has 3 N–H and O–H groups in total. The van der Waals surface area contributed by atoms with Gasteiger partial charge in [-0.15, -0.1) is 0 Å². The molecule has 7 nitrogen and oxygen atoms in total. The van der Waals surface area contributed by atoms with Crippen molar-refractivity contribution in [2.75, 3.05) is 23.3 Å². The second-order valence-corrected chi connectivity index (χ2v) is 8.17. The minimum atomic E-state index is -0.276. The molecule has 2 aromatic carbocycles. The van der Waals surface area contributed by atoms with Crippen LogP contribution >= 0.6 is 11.6 Å². The largest absolute Gasteiger partial charge is 0.367 e. The SMILES string of the molecule is Cc1ccc(NC(=O)NC2CN(c3ccc(C4CCC(=O)NC4=O)cc3)C2)cc1Cl. The summed E-state index contributed by atoms with van der Waals surface area (Å²) in [6.07, 6.45) is 0.912. The quantitative estimate of drug-likeness (QED) is 0.655. The number of anilines is 2. The lowest BCUT2D eigenvalue weighted by Crippen LogP contribution is -2.60. The van der Waals surface area contributed by atoms with Crippen LogP contribution in [0.15, 0.2) is 42.5 Å². The molecule has 0 spiro atoms. The first-order chi connectivity index (χ1) is 14.4. The number of nitrogens with zero attached hydrogens (tertiary/aromatic N) is 1. The summed E-state index contributed by atoms with van der Waals surface area (Å²) >= 11 is 6.09. The summed E-state index contributed by atoms with van der Waals surface area (Å²) in [5.41, 5.74) is 3.56. The van der Waals surface area contributed by atoms with E-state index in [0.717, 1.165) is 16.8 Å². The molecule has 2 heterocycles. The monoisotopic (exact) mass is 426 g/mol. The van der Waals surface area contributed by atoms with E-state index < -0.39 is 0 Å². The van der Waals surface area contributed by atoms with Gasteiger partial charge in [0.2, 0.25) is 11.8 Å². The topological polar surface area (TPSA) is 90.5 Å². The fourth-order valence-electron chi connectivity index (χ4n) is 3.73. The van der Waals surface area contributed by atoms with E-state index in [1.807, 2.05) is 43.3 Å². The summed E-state index contributed by atoms with van der Waals surface area (Å²) in [5.74, 6) is -0.712. The van der Waals surface area contributed by atoms with Gasteiger partial charge in [0.15, 0.2) is 0 Å². The molecule has 1 unspecified atom stereocenters. The number of hydrogen-bond donors (Lipinski definition) is 3. The first kappa shape index (κ1) is 20.2. The average Bonchev–Trinajstić information content (AvgIpc) is 2.68. The second kappa shape index (κ2) is 8.36. The van der Waals surface area contributed by atoms with Crippen molar-refractivity contribution in [2.24, 2.45) is 0 Å². The molecular formula is C22H23ClN4O3. The van der Waals surface area contributed by atoms with E-state index in [1.165, 1.54) is 0 Å². The van der Waals surface area contributed by atoms with Crippen molar-refractivity contribution in [1.82, 2.24) is 10.6 Å². The molecule has 30 heavy (non-hydrogen) atoms. The molecule has 2 aromatic rings. The number of aryl methyl sites for hydroxylation is 1. The van der Waals surface area contributed by atoms with Gasteiger partial charge >= 0.3 is 6.03 Å². The highest BCUT2D eigenvalue weighted by Gasteiger charge is 2.30. The van der Waals surface area contributed by atoms with Crippen LogP contribution in [-0.4, -0.2) is 37.0 Å². The zero-order valence-electron chi connectivity index (χ0n) is 16.6. The standard InChI is InChI=1S/C22H23ClN4O3/c1-13-2-5-15(10-19(13)23)24-22(30)25-16-11-27(12-16)17-6-3-14(4-7-17)18-8-9-20(28)26-21(18)29/h2-7,10,16,18H,8-9,11-12H2,1H3,(H2,24,25,30)(H,26,28,29). The number of urea groups is 1. The number of piperidine rings is 1. The lowest BCUT2D eigenvalue weighted by Gasteiger charge is -2.41. The predicted octanol–water partition coefficient (Wildman–Crippen LogP) is 3.18. The van der Waals surface area contributed by atoms with Gasteiger partial charge < -0.3 is 15.5 Å². The third-order valence-corrected chi connectivity index (χ3v) is 5.95. The number of nitrogens with one attached hydrogen (secondary N) is 3. The van der Waals surface area contributed by atoms with Gasteiger partial charge in [0.1, 0.15) is 0 Å². The normalized spacial score (nSPS) is 19.1. The molecule has 1 atom stereocenters. The van der Waals surface area contributed by atoms with Crippen molar-refractivity contribution in [3.63, 3.8) is 0 Å². The minimum Gasteiger partial charge on any atom is -0.367 e. The predicted molar refractivity (Wildman–Crippen MR) is 116 cm³/mol. The van der Waals surface area contributed by atoms with Crippen LogP contribution in [0.5, 0.6) is 0 Å². The third-order valence-electron chi connectivity index (χ3n) is 5.55. The lowest BCUT2D eigenvalue weighted by atomic mass is 9.90. The maximum absolute atomic E-state index is 12.2. The summed E-state index contributed by atoms with van der Waals surface area (Å²) in [6.45, 7) is 3.33. The molecule has 0 radical (unpaired) electrons. The summed E-state index contributed by atoms with van der Waals surface area (Å²) in [6, 6.07) is 13.0. The number of carbonyl (C=O) groups is 3. The van der Waals surface area contributed by atoms with Crippen molar-refractivity contribution in [1.29, 1.82) is 0 Å². The van der Waals surface area contributed by atoms with Crippen LogP contribution in [0, 0.1) is 6.92 Å². The summed E-state index contributed by atoms with van der Waals surface area (Å²) in [5, 5.41) is 8.76. The molecule has 2 fully saturated rings. The van der Waals surface area contributed by atoms with E-state index in [0.29, 0.717) is 36.6 Å². The van der Waals surface area contributed by atoms with Crippen LogP contribution in [0.25, 0.3) is 0 Å². The molecule has 0 bridgehead atoms. The van der Waals surface area contributed by atoms with E-state index in [1.54, 1.807) is 6.07 Å². The third kappa shape index (κ3) is 4.41. The number of hydrogen-bond acceptors (Lipinski definition) is 4. The molecule has 0 aliphatic carbocycles. The fourth-order valence-corrected chi connectivity index (χ4v) is 3.91. The van der Waals surface area contributed by atoms with Crippen LogP contribution in [0.3, 0.4) is 0 Å². The van der Waals surface area contributed by atoms with Gasteiger partial charge in [0.05, 0.1) is 12.0 Å². The maximum Gasteiger partial charge on any atom is 0.319 e. The number of amides is 4. The van der Waals surface area contributed by atoms with Gasteiger partial charge in [-0.2, -0.15) is 0 Å². The molecule has 2 saturated heterocycles. The number of carbonyl (C=O) groups excluding carboxylic acids is 3. The number of halogens is 1. The first-order valence-corrected chi connectivity index (χ1v) is 10.3. The number of imide groups is 1. The smallest absolute Gasteiger partial charge is 0.319 e. The Morgan fingerprint density at radius 2 is 1.87 bits per heavy atom. The Bertz CT molecular complexity index is 986. The van der Waals surface area contributed by atoms with E-state index in [4.69, 9.17) is 11.6 Å². The van der Waals surface area contributed by atoms with Crippen molar-refractivity contribution in [3.8, 4) is 0 Å². The van der Waals surface area contributed by atoms with Crippen LogP contribution in [0.1, 0.15) is 29.9 Å². The zero-order chi connectivity index (χ0) is 21.3. The molecule has 4 amide bonds. The van der Waals surface area contributed by atoms with Crippen LogP contribution in [0.2, 0.25) is 5.02 Å². The zero-order valence-corrected chi connectivity index (χ0v) is 17.3. The van der Waals surface area contributed by atoms with Crippen LogP contribution in [0.4, 0.5) is 16.2 Å². The summed E-state index contributed by atoms with van der Waals surface area (Å²) in [4.78, 5) is 37.6. The molecule has 156 valence electrons. The van der Waals surface area contributed by atoms with Crippen molar-refractivity contribution in [2.45, 2.75) is 31.7 Å². The molecule has 0 aromatic heterocycles. The van der Waals surface area contributed by atoms with Crippen molar-refractivity contribution in [3.05, 3.63) is 58.6 Å². The molecular weight excluding hydrogens is 404 g/mol. The van der Waals surface area contributed by atoms with Crippen molar-refractivity contribution >= 4 is 40.8 Å². The van der Waals surface area contributed by atoms with E-state index in [9.17, 15) is 14.4 Å². The Balaban J connectivity index is 1.27. The second-order valence-electron chi connectivity index (χ2n) is 7.76. The first-order valence-electron chi connectivity index (χ1n) is 9.91. The molecule has 4 rings (SSSR count). The summed E-state index contributed by atoms with van der Waals surface area (Å²) < 4.78 is 0. The highest BCUT2D eigenvalue weighted by Crippen LogP contribution is 2.28. The lowest BCUT2D eigenvalue weighted by molar-refractivity contribution is -0.134. The minimum absolute atomic E-state index is 0.0562. The number of benzene rings is 2. The van der Waals surface area contributed by atoms with E-state index in [2.05, 4.69) is 20.9 Å². The summed E-state index contributed by atoms with van der Waals surface area (Å²) in [7, 11) is 0. The van der Waals surface area contributed by atoms with Crippen LogP contribution in [-0.2, 0) is 9.59 Å². The highest BCUT2D eigenvalue weighted by molar-refractivity contribution is 6.31.